The molecule has 1 amide bonds. The Morgan fingerprint density at radius 3 is 2.23 bits per heavy atom. The third-order valence-electron chi connectivity index (χ3n) is 4.36. The van der Waals surface area contributed by atoms with Gasteiger partial charge in [-0.25, -0.2) is 0 Å². The molecule has 0 aliphatic rings. The van der Waals surface area contributed by atoms with Crippen molar-refractivity contribution in [1.82, 2.24) is 4.90 Å². The van der Waals surface area contributed by atoms with Gasteiger partial charge < -0.3 is 19.4 Å². The molecule has 0 spiro atoms. The van der Waals surface area contributed by atoms with E-state index < -0.39 is 0 Å². The van der Waals surface area contributed by atoms with Gasteiger partial charge in [0.2, 0.25) is 5.91 Å². The van der Waals surface area contributed by atoms with Gasteiger partial charge in [0.05, 0.1) is 19.3 Å². The number of hydrogen-bond acceptors (Lipinski definition) is 4. The lowest BCUT2D eigenvalue weighted by atomic mass is 10.2. The summed E-state index contributed by atoms with van der Waals surface area (Å²) in [7, 11) is 7.53. The minimum absolute atomic E-state index is 0.0403. The second kappa shape index (κ2) is 9.25. The summed E-state index contributed by atoms with van der Waals surface area (Å²) in [5.41, 5.74) is 3.01. The standard InChI is InChI=1S/C21H29N3O2/c1-17-10-12-18(13-11-17)23(4)21(25)16-24(15-14-22(2)3)19-8-6-7-9-20(19)26-5/h6-13H,14-16H2,1-5H3. The highest BCUT2D eigenvalue weighted by atomic mass is 16.5. The van der Waals surface area contributed by atoms with Gasteiger partial charge in [-0.05, 0) is 45.3 Å². The molecule has 26 heavy (non-hydrogen) atoms. The minimum Gasteiger partial charge on any atom is -0.495 e. The Labute approximate surface area is 156 Å². The lowest BCUT2D eigenvalue weighted by Crippen LogP contribution is -2.41. The summed E-state index contributed by atoms with van der Waals surface area (Å²) in [5, 5.41) is 0. The van der Waals surface area contributed by atoms with Gasteiger partial charge in [-0.1, -0.05) is 29.8 Å². The van der Waals surface area contributed by atoms with Crippen LogP contribution in [0.1, 0.15) is 5.56 Å². The zero-order valence-electron chi connectivity index (χ0n) is 16.4. The lowest BCUT2D eigenvalue weighted by molar-refractivity contribution is -0.117. The average molecular weight is 355 g/mol. The first-order valence-electron chi connectivity index (χ1n) is 8.78. The van der Waals surface area contributed by atoms with Crippen molar-refractivity contribution in [3.63, 3.8) is 0 Å². The number of aryl methyl sites for hydroxylation is 1. The molecule has 0 aliphatic heterocycles. The van der Waals surface area contributed by atoms with Crippen molar-refractivity contribution in [3.8, 4) is 5.75 Å². The molecule has 0 saturated carbocycles. The van der Waals surface area contributed by atoms with Crippen LogP contribution in [0.3, 0.4) is 0 Å². The van der Waals surface area contributed by atoms with E-state index in [0.29, 0.717) is 6.54 Å². The fraction of sp³-hybridized carbons (Fsp3) is 0.381. The number of benzene rings is 2. The van der Waals surface area contributed by atoms with E-state index in [-0.39, 0.29) is 5.91 Å². The predicted molar refractivity (Wildman–Crippen MR) is 108 cm³/mol. The van der Waals surface area contributed by atoms with Crippen LogP contribution in [0.5, 0.6) is 5.75 Å². The van der Waals surface area contributed by atoms with E-state index in [1.165, 1.54) is 5.56 Å². The third-order valence-corrected chi connectivity index (χ3v) is 4.36. The van der Waals surface area contributed by atoms with E-state index in [9.17, 15) is 4.79 Å². The van der Waals surface area contributed by atoms with Gasteiger partial charge in [0.25, 0.3) is 0 Å². The zero-order chi connectivity index (χ0) is 19.1. The molecule has 0 bridgehead atoms. The number of rotatable bonds is 8. The first-order chi connectivity index (χ1) is 12.4. The van der Waals surface area contributed by atoms with Crippen LogP contribution in [-0.4, -0.2) is 58.7 Å². The number of methoxy groups -OCH3 is 1. The van der Waals surface area contributed by atoms with Gasteiger partial charge in [-0.3, -0.25) is 4.79 Å². The Morgan fingerprint density at radius 1 is 0.962 bits per heavy atom. The van der Waals surface area contributed by atoms with Crippen LogP contribution in [0.15, 0.2) is 48.5 Å². The van der Waals surface area contributed by atoms with Crippen LogP contribution in [-0.2, 0) is 4.79 Å². The van der Waals surface area contributed by atoms with Crippen LogP contribution in [0, 0.1) is 6.92 Å². The minimum atomic E-state index is 0.0403. The summed E-state index contributed by atoms with van der Waals surface area (Å²) in [4.78, 5) is 18.8. The van der Waals surface area contributed by atoms with Crippen molar-refractivity contribution in [1.29, 1.82) is 0 Å². The maximum Gasteiger partial charge on any atom is 0.246 e. The highest BCUT2D eigenvalue weighted by molar-refractivity contribution is 5.96. The molecule has 0 aromatic heterocycles. The number of carbonyl (C=O) groups is 1. The van der Waals surface area contributed by atoms with Crippen LogP contribution in [0.4, 0.5) is 11.4 Å². The van der Waals surface area contributed by atoms with Crippen molar-refractivity contribution in [3.05, 3.63) is 54.1 Å². The number of likely N-dealkylation sites (N-methyl/N-ethyl adjacent to an activating group) is 2. The number of hydrogen-bond donors (Lipinski definition) is 0. The Morgan fingerprint density at radius 2 is 1.62 bits per heavy atom. The molecule has 2 aromatic rings. The number of nitrogens with zero attached hydrogens (tertiary/aromatic N) is 3. The highest BCUT2D eigenvalue weighted by Crippen LogP contribution is 2.27. The molecule has 140 valence electrons. The number of anilines is 2. The molecule has 0 atom stereocenters. The summed E-state index contributed by atoms with van der Waals surface area (Å²) >= 11 is 0. The van der Waals surface area contributed by atoms with E-state index in [1.807, 2.05) is 76.6 Å². The fourth-order valence-corrected chi connectivity index (χ4v) is 2.68. The van der Waals surface area contributed by atoms with Crippen molar-refractivity contribution in [2.45, 2.75) is 6.92 Å². The van der Waals surface area contributed by atoms with Crippen LogP contribution < -0.4 is 14.5 Å². The summed E-state index contributed by atoms with van der Waals surface area (Å²) in [6.07, 6.45) is 0. The van der Waals surface area contributed by atoms with E-state index in [2.05, 4.69) is 9.80 Å². The SMILES string of the molecule is COc1ccccc1N(CCN(C)C)CC(=O)N(C)c1ccc(C)cc1. The van der Waals surface area contributed by atoms with Crippen molar-refractivity contribution >= 4 is 17.3 Å². The Kier molecular flexibility index (Phi) is 7.04. The maximum atomic E-state index is 12.9. The molecule has 2 aromatic carbocycles. The summed E-state index contributed by atoms with van der Waals surface area (Å²) in [6, 6.07) is 15.8. The fourth-order valence-electron chi connectivity index (χ4n) is 2.68. The second-order valence-corrected chi connectivity index (χ2v) is 6.68. The quantitative estimate of drug-likeness (QED) is 0.729. The van der Waals surface area contributed by atoms with Crippen molar-refractivity contribution < 1.29 is 9.53 Å². The normalized spacial score (nSPS) is 10.7. The number of para-hydroxylation sites is 2. The van der Waals surface area contributed by atoms with Gasteiger partial charge in [0.15, 0.2) is 0 Å². The Balaban J connectivity index is 2.19. The van der Waals surface area contributed by atoms with Crippen molar-refractivity contribution in [2.75, 3.05) is 57.7 Å². The number of carbonyl (C=O) groups excluding carboxylic acids is 1. The number of ether oxygens (including phenoxy) is 1. The molecule has 0 saturated heterocycles. The molecule has 0 aliphatic carbocycles. The molecule has 0 heterocycles. The van der Waals surface area contributed by atoms with Gasteiger partial charge in [-0.15, -0.1) is 0 Å². The maximum absolute atomic E-state index is 12.9. The largest absolute Gasteiger partial charge is 0.495 e. The lowest BCUT2D eigenvalue weighted by Gasteiger charge is -2.29. The second-order valence-electron chi connectivity index (χ2n) is 6.68. The van der Waals surface area contributed by atoms with E-state index in [1.54, 1.807) is 12.0 Å². The van der Waals surface area contributed by atoms with E-state index >= 15 is 0 Å². The molecule has 5 heteroatoms. The molecular weight excluding hydrogens is 326 g/mol. The molecule has 0 unspecified atom stereocenters. The Hall–Kier alpha value is -2.53. The van der Waals surface area contributed by atoms with Gasteiger partial charge >= 0.3 is 0 Å². The summed E-state index contributed by atoms with van der Waals surface area (Å²) < 4.78 is 5.49. The third kappa shape index (κ3) is 5.23. The molecule has 2 rings (SSSR count). The van der Waals surface area contributed by atoms with Gasteiger partial charge in [-0.2, -0.15) is 0 Å². The predicted octanol–water partition coefficient (Wildman–Crippen LogP) is 3.03. The summed E-state index contributed by atoms with van der Waals surface area (Å²) in [5.74, 6) is 0.815. The molecule has 0 radical (unpaired) electrons. The summed E-state index contributed by atoms with van der Waals surface area (Å²) in [6.45, 7) is 3.91. The monoisotopic (exact) mass is 355 g/mol. The topological polar surface area (TPSA) is 36.0 Å². The van der Waals surface area contributed by atoms with Crippen LogP contribution >= 0.6 is 0 Å². The van der Waals surface area contributed by atoms with E-state index in [0.717, 1.165) is 30.2 Å². The Bertz CT molecular complexity index is 713. The molecule has 5 nitrogen and oxygen atoms in total. The van der Waals surface area contributed by atoms with Crippen LogP contribution in [0.2, 0.25) is 0 Å². The molecule has 0 N–H and O–H groups in total. The molecule has 0 fully saturated rings. The zero-order valence-corrected chi connectivity index (χ0v) is 16.4. The van der Waals surface area contributed by atoms with Crippen molar-refractivity contribution in [2.24, 2.45) is 0 Å². The number of amides is 1. The molecular formula is C21H29N3O2. The highest BCUT2D eigenvalue weighted by Gasteiger charge is 2.19. The first-order valence-corrected chi connectivity index (χ1v) is 8.78. The van der Waals surface area contributed by atoms with E-state index in [4.69, 9.17) is 4.74 Å². The first kappa shape index (κ1) is 19.8. The average Bonchev–Trinajstić information content (AvgIpc) is 2.64. The van der Waals surface area contributed by atoms with Crippen LogP contribution in [0.25, 0.3) is 0 Å². The smallest absolute Gasteiger partial charge is 0.246 e. The van der Waals surface area contributed by atoms with Gasteiger partial charge in [0.1, 0.15) is 5.75 Å². The van der Waals surface area contributed by atoms with Gasteiger partial charge in [0, 0.05) is 25.8 Å².